The van der Waals surface area contributed by atoms with E-state index in [-0.39, 0.29) is 43.4 Å². The Morgan fingerprint density at radius 3 is 2.13 bits per heavy atom. The average Bonchev–Trinajstić information content (AvgIpc) is 3.54. The zero-order valence-electron chi connectivity index (χ0n) is 26.4. The van der Waals surface area contributed by atoms with E-state index in [1.54, 1.807) is 24.7 Å². The van der Waals surface area contributed by atoms with E-state index in [0.29, 0.717) is 24.3 Å². The van der Waals surface area contributed by atoms with Crippen LogP contribution in [0, 0.1) is 12.5 Å². The minimum atomic E-state index is -0.741. The second kappa shape index (κ2) is 14.1. The maximum atomic E-state index is 12.6. The Balaban J connectivity index is 1.50. The monoisotopic (exact) mass is 631 g/mol. The number of carbonyl (C=O) groups is 1. The molecule has 5 aromatic rings. The van der Waals surface area contributed by atoms with Crippen molar-refractivity contribution in [2.45, 2.75) is 31.7 Å². The van der Waals surface area contributed by atoms with Crippen LogP contribution >= 0.6 is 0 Å². The summed E-state index contributed by atoms with van der Waals surface area (Å²) in [7, 11) is 0. The van der Waals surface area contributed by atoms with Crippen molar-refractivity contribution in [1.29, 1.82) is 0 Å². The van der Waals surface area contributed by atoms with E-state index in [1.807, 2.05) is 54.6 Å². The lowest BCUT2D eigenvalue weighted by Gasteiger charge is -2.50. The number of aliphatic hydroxyl groups excluding tert-OH is 1. The molecule has 0 aliphatic carbocycles. The largest absolute Gasteiger partial charge is 0.468 e. The summed E-state index contributed by atoms with van der Waals surface area (Å²) in [6.07, 6.45) is 0.437. The average molecular weight is 632 g/mol. The van der Waals surface area contributed by atoms with Crippen LogP contribution in [0.15, 0.2) is 97.3 Å². The minimum Gasteiger partial charge on any atom is -0.468 e. The zero-order chi connectivity index (χ0) is 32.8. The van der Waals surface area contributed by atoms with Gasteiger partial charge in [-0.05, 0) is 16.7 Å². The van der Waals surface area contributed by atoms with E-state index in [0.717, 1.165) is 16.7 Å². The quantitative estimate of drug-likeness (QED) is 0.120. The third-order valence-electron chi connectivity index (χ3n) is 8.30. The number of imidazole rings is 1. The predicted octanol–water partition coefficient (Wildman–Crippen LogP) is 4.90. The van der Waals surface area contributed by atoms with E-state index in [1.165, 1.54) is 0 Å². The molecule has 1 saturated heterocycles. The molecule has 2 atom stereocenters. The first-order chi connectivity index (χ1) is 22.9. The fourth-order valence-corrected chi connectivity index (χ4v) is 6.13. The molecule has 0 unspecified atom stereocenters. The molecule has 3 aromatic carbocycles. The van der Waals surface area contributed by atoms with Crippen molar-refractivity contribution in [2.75, 3.05) is 38.2 Å². The highest BCUT2D eigenvalue weighted by Gasteiger charge is 2.46. The Morgan fingerprint density at radius 1 is 1.00 bits per heavy atom. The van der Waals surface area contributed by atoms with Crippen molar-refractivity contribution in [3.05, 3.63) is 125 Å². The highest BCUT2D eigenvalue weighted by molar-refractivity contribution is 5.91. The molecule has 1 aliphatic rings. The Morgan fingerprint density at radius 2 is 1.60 bits per heavy atom. The predicted molar refractivity (Wildman–Crippen MR) is 178 cm³/mol. The summed E-state index contributed by atoms with van der Waals surface area (Å²) in [6, 6.07) is 31.1. The van der Waals surface area contributed by atoms with Gasteiger partial charge in [-0.25, -0.2) is 11.6 Å². The molecule has 3 heterocycles. The van der Waals surface area contributed by atoms with Crippen LogP contribution in [0.5, 0.6) is 5.88 Å². The van der Waals surface area contributed by atoms with Crippen molar-refractivity contribution < 1.29 is 19.4 Å². The van der Waals surface area contributed by atoms with E-state index in [9.17, 15) is 9.90 Å². The Labute approximate surface area is 273 Å². The number of amides is 1. The molecule has 1 amide bonds. The van der Waals surface area contributed by atoms with E-state index in [2.05, 4.69) is 61.4 Å². The number of hydrogen-bond acceptors (Lipinski definition) is 8. The van der Waals surface area contributed by atoms with Crippen molar-refractivity contribution in [1.82, 2.24) is 24.4 Å². The summed E-state index contributed by atoms with van der Waals surface area (Å²) < 4.78 is 14.2. The molecule has 2 aromatic heterocycles. The highest BCUT2D eigenvalue weighted by atomic mass is 16.5. The van der Waals surface area contributed by atoms with Gasteiger partial charge in [-0.3, -0.25) is 19.6 Å². The van der Waals surface area contributed by atoms with E-state index in [4.69, 9.17) is 21.0 Å². The molecular weight excluding hydrogens is 594 g/mol. The number of morpholine rings is 1. The van der Waals surface area contributed by atoms with E-state index < -0.39 is 17.9 Å². The lowest BCUT2D eigenvalue weighted by molar-refractivity contribution is -0.148. The fourth-order valence-electron chi connectivity index (χ4n) is 6.13. The lowest BCUT2D eigenvalue weighted by atomic mass is 9.75. The highest BCUT2D eigenvalue weighted by Crippen LogP contribution is 2.45. The van der Waals surface area contributed by atoms with Gasteiger partial charge in [0.15, 0.2) is 17.8 Å². The molecule has 11 heteroatoms. The number of carbonyl (C=O) groups excluding carboxylic acids is 1. The van der Waals surface area contributed by atoms with Crippen molar-refractivity contribution in [2.24, 2.45) is 5.92 Å². The van der Waals surface area contributed by atoms with Gasteiger partial charge in [-0.2, -0.15) is 9.97 Å². The lowest BCUT2D eigenvalue weighted by Crippen LogP contribution is -2.57. The first kappa shape index (κ1) is 31.8. The van der Waals surface area contributed by atoms with E-state index >= 15 is 0 Å². The van der Waals surface area contributed by atoms with Gasteiger partial charge in [0.2, 0.25) is 24.3 Å². The van der Waals surface area contributed by atoms with Crippen LogP contribution in [0.1, 0.15) is 36.8 Å². The molecule has 0 bridgehead atoms. The molecule has 0 spiro atoms. The van der Waals surface area contributed by atoms with Crippen molar-refractivity contribution in [3.63, 3.8) is 0 Å². The molecule has 0 saturated carbocycles. The number of rotatable bonds is 11. The number of nitrogens with zero attached hydrogens (tertiary/aromatic N) is 6. The molecule has 240 valence electrons. The van der Waals surface area contributed by atoms with Gasteiger partial charge >= 0.3 is 0 Å². The topological polar surface area (TPSA) is 119 Å². The summed E-state index contributed by atoms with van der Waals surface area (Å²) in [6.45, 7) is 11.6. The first-order valence-electron chi connectivity index (χ1n) is 15.6. The molecule has 2 N–H and O–H groups in total. The van der Waals surface area contributed by atoms with Crippen LogP contribution in [-0.4, -0.2) is 74.4 Å². The van der Waals surface area contributed by atoms with Gasteiger partial charge in [0, 0.05) is 19.0 Å². The third-order valence-corrected chi connectivity index (χ3v) is 8.30. The normalized spacial score (nSPS) is 17.0. The van der Waals surface area contributed by atoms with Crippen LogP contribution in [0.4, 0.5) is 5.95 Å². The van der Waals surface area contributed by atoms with Crippen molar-refractivity contribution >= 4 is 23.0 Å². The maximum Gasteiger partial charge on any atom is 0.248 e. The number of benzene rings is 3. The second-order valence-corrected chi connectivity index (χ2v) is 11.7. The summed E-state index contributed by atoms with van der Waals surface area (Å²) in [5.41, 5.74) is 3.24. The number of ether oxygens (including phenoxy) is 2. The number of hydrogen-bond donors (Lipinski definition) is 2. The smallest absolute Gasteiger partial charge is 0.248 e. The van der Waals surface area contributed by atoms with Gasteiger partial charge in [0.25, 0.3) is 0 Å². The van der Waals surface area contributed by atoms with Gasteiger partial charge in [-0.15, -0.1) is 0 Å². The van der Waals surface area contributed by atoms with Gasteiger partial charge in [-0.1, -0.05) is 105 Å². The molecule has 11 nitrogen and oxygen atoms in total. The van der Waals surface area contributed by atoms with Crippen LogP contribution in [-0.2, 0) is 15.1 Å². The molecule has 0 radical (unpaired) electrons. The summed E-state index contributed by atoms with van der Waals surface area (Å²) in [4.78, 5) is 32.1. The summed E-state index contributed by atoms with van der Waals surface area (Å²) in [5, 5.41) is 13.3. The fraction of sp³-hybridized carbons (Fsp3) is 0.306. The van der Waals surface area contributed by atoms with Crippen LogP contribution < -0.4 is 10.1 Å². The molecule has 47 heavy (non-hydrogen) atoms. The molecular formula is C36H37N7O4. The zero-order valence-corrected chi connectivity index (χ0v) is 26.4. The second-order valence-electron chi connectivity index (χ2n) is 11.7. The van der Waals surface area contributed by atoms with Crippen LogP contribution in [0.25, 0.3) is 16.0 Å². The Hall–Kier alpha value is -5.15. The van der Waals surface area contributed by atoms with Gasteiger partial charge in [0.1, 0.15) is 6.23 Å². The number of fused-ring (bicyclic) bond motifs is 1. The number of aromatic nitrogens is 4. The summed E-state index contributed by atoms with van der Waals surface area (Å²) in [5.74, 6) is -0.320. The molecule has 6 rings (SSSR count). The van der Waals surface area contributed by atoms with Crippen LogP contribution in [0.3, 0.4) is 0 Å². The summed E-state index contributed by atoms with van der Waals surface area (Å²) >= 11 is 0. The van der Waals surface area contributed by atoms with Gasteiger partial charge < -0.3 is 19.4 Å². The van der Waals surface area contributed by atoms with Crippen LogP contribution in [0.2, 0.25) is 0 Å². The SMILES string of the molecule is [C-]#[N+]CCOc1nc(NC(=O)C(C)C)nc2c1ncn2[C@H]1CN(C(c2ccccc2)(c2ccccc2)c2ccccc2)C[C@@H](CO)O1. The number of aliphatic hydroxyl groups is 1. The number of anilines is 1. The molecule has 1 aliphatic heterocycles. The number of nitrogens with one attached hydrogen (secondary N) is 1. The minimum absolute atomic E-state index is 0.0642. The van der Waals surface area contributed by atoms with Gasteiger partial charge in [0.05, 0.1) is 24.6 Å². The maximum absolute atomic E-state index is 12.6. The van der Waals surface area contributed by atoms with Crippen molar-refractivity contribution in [3.8, 4) is 5.88 Å². The first-order valence-corrected chi connectivity index (χ1v) is 15.6. The Kier molecular flexibility index (Phi) is 9.54. The Bertz CT molecular complexity index is 1750. The standard InChI is InChI=1S/C36H37N7O4/c1-25(2)33(45)40-35-39-32-31(34(41-35)46-20-19-37-3)38-24-43(32)30-22-42(21-29(23-44)47-30)36(26-13-7-4-8-14-26,27-15-9-5-10-16-27)28-17-11-6-12-18-28/h4-18,24-25,29-30,44H,19-23H2,1-2H3,(H,39,40,41,45)/t29-,30+/m0/s1. The molecule has 1 fully saturated rings. The third kappa shape index (κ3) is 6.31.